The molecule has 2 N–H and O–H groups in total. The van der Waals surface area contributed by atoms with E-state index in [-0.39, 0.29) is 6.10 Å². The minimum absolute atomic E-state index is 0.195. The molecule has 2 aromatic rings. The van der Waals surface area contributed by atoms with Gasteiger partial charge >= 0.3 is 0 Å². The fourth-order valence-electron chi connectivity index (χ4n) is 2.92. The molecule has 0 saturated heterocycles. The SMILES string of the molecule is COc1ccc2c(OC3CCCC3CN)nccc2c1. The molecule has 4 heteroatoms. The molecule has 106 valence electrons. The van der Waals surface area contributed by atoms with E-state index in [4.69, 9.17) is 15.2 Å². The largest absolute Gasteiger partial charge is 0.497 e. The summed E-state index contributed by atoms with van der Waals surface area (Å²) in [5, 5.41) is 2.10. The second-order valence-corrected chi connectivity index (χ2v) is 5.29. The van der Waals surface area contributed by atoms with E-state index in [0.29, 0.717) is 18.3 Å². The quantitative estimate of drug-likeness (QED) is 0.929. The second kappa shape index (κ2) is 5.67. The predicted molar refractivity (Wildman–Crippen MR) is 79.1 cm³/mol. The normalized spacial score (nSPS) is 22.1. The van der Waals surface area contributed by atoms with Crippen molar-refractivity contribution >= 4 is 10.8 Å². The maximum Gasteiger partial charge on any atom is 0.221 e. The highest BCUT2D eigenvalue weighted by atomic mass is 16.5. The Kier molecular flexibility index (Phi) is 3.74. The van der Waals surface area contributed by atoms with Gasteiger partial charge in [-0.05, 0) is 55.5 Å². The van der Waals surface area contributed by atoms with Crippen molar-refractivity contribution in [3.63, 3.8) is 0 Å². The lowest BCUT2D eigenvalue weighted by Crippen LogP contribution is -2.28. The van der Waals surface area contributed by atoms with Gasteiger partial charge in [-0.25, -0.2) is 4.98 Å². The molecule has 0 aliphatic heterocycles. The summed E-state index contributed by atoms with van der Waals surface area (Å²) >= 11 is 0. The molecular weight excluding hydrogens is 252 g/mol. The van der Waals surface area contributed by atoms with E-state index in [2.05, 4.69) is 4.98 Å². The Morgan fingerprint density at radius 1 is 1.30 bits per heavy atom. The molecule has 1 heterocycles. The minimum atomic E-state index is 0.195. The van der Waals surface area contributed by atoms with Crippen LogP contribution in [0.15, 0.2) is 30.5 Å². The smallest absolute Gasteiger partial charge is 0.221 e. The van der Waals surface area contributed by atoms with Crippen LogP contribution in [0.1, 0.15) is 19.3 Å². The van der Waals surface area contributed by atoms with Crippen molar-refractivity contribution in [1.82, 2.24) is 4.98 Å². The molecule has 2 unspecified atom stereocenters. The first kappa shape index (κ1) is 13.2. The molecule has 0 amide bonds. The summed E-state index contributed by atoms with van der Waals surface area (Å²) in [6.45, 7) is 0.684. The number of fused-ring (bicyclic) bond motifs is 1. The van der Waals surface area contributed by atoms with Crippen LogP contribution in [0.3, 0.4) is 0 Å². The third kappa shape index (κ3) is 2.43. The third-order valence-electron chi connectivity index (χ3n) is 4.09. The van der Waals surface area contributed by atoms with Gasteiger partial charge in [-0.2, -0.15) is 0 Å². The number of aromatic nitrogens is 1. The van der Waals surface area contributed by atoms with Crippen LogP contribution in [0.5, 0.6) is 11.6 Å². The fourth-order valence-corrected chi connectivity index (χ4v) is 2.92. The third-order valence-corrected chi connectivity index (χ3v) is 4.09. The number of nitrogens with zero attached hydrogens (tertiary/aromatic N) is 1. The summed E-state index contributed by atoms with van der Waals surface area (Å²) in [6, 6.07) is 7.91. The zero-order valence-electron chi connectivity index (χ0n) is 11.7. The van der Waals surface area contributed by atoms with Crippen LogP contribution in [-0.2, 0) is 0 Å². The Labute approximate surface area is 118 Å². The summed E-state index contributed by atoms with van der Waals surface area (Å²) in [5.41, 5.74) is 5.81. The van der Waals surface area contributed by atoms with Crippen LogP contribution in [0, 0.1) is 5.92 Å². The molecule has 1 saturated carbocycles. The van der Waals surface area contributed by atoms with E-state index in [9.17, 15) is 0 Å². The summed E-state index contributed by atoms with van der Waals surface area (Å²) in [6.07, 6.45) is 5.38. The van der Waals surface area contributed by atoms with Gasteiger partial charge in [0.25, 0.3) is 0 Å². The minimum Gasteiger partial charge on any atom is -0.497 e. The molecule has 1 fully saturated rings. The van der Waals surface area contributed by atoms with E-state index in [1.807, 2.05) is 24.3 Å². The van der Waals surface area contributed by atoms with E-state index < -0.39 is 0 Å². The van der Waals surface area contributed by atoms with Crippen LogP contribution in [-0.4, -0.2) is 24.7 Å². The molecule has 1 aliphatic carbocycles. The zero-order chi connectivity index (χ0) is 13.9. The molecule has 1 aromatic carbocycles. The number of ether oxygens (including phenoxy) is 2. The topological polar surface area (TPSA) is 57.4 Å². The molecule has 0 radical (unpaired) electrons. The van der Waals surface area contributed by atoms with Gasteiger partial charge in [0.2, 0.25) is 5.88 Å². The molecule has 0 bridgehead atoms. The van der Waals surface area contributed by atoms with Crippen molar-refractivity contribution in [1.29, 1.82) is 0 Å². The van der Waals surface area contributed by atoms with Gasteiger partial charge < -0.3 is 15.2 Å². The van der Waals surface area contributed by atoms with Crippen molar-refractivity contribution in [3.05, 3.63) is 30.5 Å². The highest BCUT2D eigenvalue weighted by Gasteiger charge is 2.28. The summed E-state index contributed by atoms with van der Waals surface area (Å²) < 4.78 is 11.4. The highest BCUT2D eigenvalue weighted by molar-refractivity contribution is 5.87. The van der Waals surface area contributed by atoms with E-state index in [1.54, 1.807) is 13.3 Å². The molecule has 0 spiro atoms. The average Bonchev–Trinajstić information content (AvgIpc) is 2.94. The lowest BCUT2D eigenvalue weighted by Gasteiger charge is -2.20. The van der Waals surface area contributed by atoms with Crippen molar-refractivity contribution in [2.75, 3.05) is 13.7 Å². The lowest BCUT2D eigenvalue weighted by atomic mass is 10.1. The average molecular weight is 272 g/mol. The van der Waals surface area contributed by atoms with Crippen LogP contribution < -0.4 is 15.2 Å². The van der Waals surface area contributed by atoms with Gasteiger partial charge in [-0.3, -0.25) is 0 Å². The van der Waals surface area contributed by atoms with Crippen LogP contribution >= 0.6 is 0 Å². The standard InChI is InChI=1S/C16H20N2O2/c1-19-13-5-6-14-11(9-13)7-8-18-16(14)20-15-4-2-3-12(15)10-17/h5-9,12,15H,2-4,10,17H2,1H3. The lowest BCUT2D eigenvalue weighted by molar-refractivity contribution is 0.158. The summed E-state index contributed by atoms with van der Waals surface area (Å²) in [5.74, 6) is 2.00. The Balaban J connectivity index is 1.91. The van der Waals surface area contributed by atoms with Gasteiger partial charge in [-0.15, -0.1) is 0 Å². The first-order valence-electron chi connectivity index (χ1n) is 7.11. The van der Waals surface area contributed by atoms with E-state index in [1.165, 1.54) is 6.42 Å². The van der Waals surface area contributed by atoms with Crippen LogP contribution in [0.25, 0.3) is 10.8 Å². The second-order valence-electron chi connectivity index (χ2n) is 5.29. The molecule has 1 aliphatic rings. The number of methoxy groups -OCH3 is 1. The van der Waals surface area contributed by atoms with E-state index >= 15 is 0 Å². The summed E-state index contributed by atoms with van der Waals surface area (Å²) in [7, 11) is 1.67. The monoisotopic (exact) mass is 272 g/mol. The van der Waals surface area contributed by atoms with Gasteiger partial charge in [0, 0.05) is 17.5 Å². The number of rotatable bonds is 4. The van der Waals surface area contributed by atoms with Gasteiger partial charge in [-0.1, -0.05) is 0 Å². The van der Waals surface area contributed by atoms with Crippen molar-refractivity contribution in [2.45, 2.75) is 25.4 Å². The molecular formula is C16H20N2O2. The van der Waals surface area contributed by atoms with Crippen LogP contribution in [0.2, 0.25) is 0 Å². The highest BCUT2D eigenvalue weighted by Crippen LogP contribution is 2.32. The Morgan fingerprint density at radius 3 is 3.00 bits per heavy atom. The molecule has 4 nitrogen and oxygen atoms in total. The molecule has 20 heavy (non-hydrogen) atoms. The van der Waals surface area contributed by atoms with E-state index in [0.717, 1.165) is 29.4 Å². The fraction of sp³-hybridized carbons (Fsp3) is 0.438. The number of hydrogen-bond donors (Lipinski definition) is 1. The first-order chi connectivity index (χ1) is 9.81. The number of nitrogens with two attached hydrogens (primary N) is 1. The van der Waals surface area contributed by atoms with Gasteiger partial charge in [0.05, 0.1) is 7.11 Å². The molecule has 1 aromatic heterocycles. The maximum absolute atomic E-state index is 6.13. The van der Waals surface area contributed by atoms with Gasteiger partial charge in [0.15, 0.2) is 0 Å². The first-order valence-corrected chi connectivity index (χ1v) is 7.11. The Morgan fingerprint density at radius 2 is 2.20 bits per heavy atom. The molecule has 2 atom stereocenters. The molecule has 3 rings (SSSR count). The number of hydrogen-bond acceptors (Lipinski definition) is 4. The van der Waals surface area contributed by atoms with Crippen molar-refractivity contribution in [3.8, 4) is 11.6 Å². The zero-order valence-corrected chi connectivity index (χ0v) is 11.7. The number of benzene rings is 1. The number of pyridine rings is 1. The van der Waals surface area contributed by atoms with Crippen molar-refractivity contribution in [2.24, 2.45) is 11.7 Å². The van der Waals surface area contributed by atoms with Crippen molar-refractivity contribution < 1.29 is 9.47 Å². The summed E-state index contributed by atoms with van der Waals surface area (Å²) in [4.78, 5) is 4.39. The Hall–Kier alpha value is -1.81. The predicted octanol–water partition coefficient (Wildman–Crippen LogP) is 2.75. The van der Waals surface area contributed by atoms with Gasteiger partial charge in [0.1, 0.15) is 11.9 Å². The Bertz CT molecular complexity index is 600. The maximum atomic E-state index is 6.13. The van der Waals surface area contributed by atoms with Crippen LogP contribution in [0.4, 0.5) is 0 Å².